The van der Waals surface area contributed by atoms with E-state index in [-0.39, 0.29) is 0 Å². The van der Waals surface area contributed by atoms with E-state index in [1.807, 2.05) is 0 Å². The molecule has 1 aliphatic rings. The van der Waals surface area contributed by atoms with E-state index in [2.05, 4.69) is 41.3 Å². The van der Waals surface area contributed by atoms with Crippen molar-refractivity contribution in [2.24, 2.45) is 0 Å². The van der Waals surface area contributed by atoms with Crippen molar-refractivity contribution in [2.75, 3.05) is 19.6 Å². The summed E-state index contributed by atoms with van der Waals surface area (Å²) in [6.45, 7) is 3.17. The summed E-state index contributed by atoms with van der Waals surface area (Å²) in [5, 5.41) is 3.26. The summed E-state index contributed by atoms with van der Waals surface area (Å²) in [5.74, 6) is 0. The van der Waals surface area contributed by atoms with Crippen LogP contribution in [0.4, 0.5) is 0 Å². The smallest absolute Gasteiger partial charge is 0.0769 e. The lowest BCUT2D eigenvalue weighted by Crippen LogP contribution is -2.43. The molecule has 1 atom stereocenters. The first-order valence-electron chi connectivity index (χ1n) is 2.57. The Hall–Kier alpha value is 0.880. The molecule has 0 spiro atoms. The fourth-order valence-corrected chi connectivity index (χ4v) is 2.11. The average Bonchev–Trinajstić information content (AvgIpc) is 1.64. The highest BCUT2D eigenvalue weighted by Gasteiger charge is 2.12. The van der Waals surface area contributed by atoms with Crippen molar-refractivity contribution in [1.29, 1.82) is 0 Å². The first-order chi connectivity index (χ1) is 3.79. The van der Waals surface area contributed by atoms with Gasteiger partial charge in [0, 0.05) is 35.8 Å². The standard InChI is InChI=1S/C4H8Br2N2/c5-4-3-8(6)2-1-7-4/h4,7H,1-3H2. The number of piperazine rings is 1. The molecule has 0 amide bonds. The van der Waals surface area contributed by atoms with Gasteiger partial charge in [-0.1, -0.05) is 15.9 Å². The molecular weight excluding hydrogens is 236 g/mol. The van der Waals surface area contributed by atoms with Gasteiger partial charge in [0.15, 0.2) is 0 Å². The number of nitrogens with one attached hydrogen (secondary N) is 1. The molecule has 1 aliphatic heterocycles. The maximum Gasteiger partial charge on any atom is 0.0769 e. The maximum atomic E-state index is 3.45. The van der Waals surface area contributed by atoms with E-state index < -0.39 is 0 Å². The third kappa shape index (κ3) is 2.01. The number of alkyl halides is 1. The van der Waals surface area contributed by atoms with Gasteiger partial charge in [-0.05, 0) is 0 Å². The van der Waals surface area contributed by atoms with Gasteiger partial charge in [-0.25, -0.2) is 3.93 Å². The van der Waals surface area contributed by atoms with E-state index in [4.69, 9.17) is 0 Å². The molecule has 1 rings (SSSR count). The normalized spacial score (nSPS) is 33.0. The molecule has 0 saturated carbocycles. The molecular formula is C4H8Br2N2. The minimum absolute atomic E-state index is 0.454. The summed E-state index contributed by atoms with van der Waals surface area (Å²) in [6.07, 6.45) is 0. The van der Waals surface area contributed by atoms with Crippen LogP contribution in [0, 0.1) is 0 Å². The van der Waals surface area contributed by atoms with Gasteiger partial charge in [-0.2, -0.15) is 0 Å². The second-order valence-corrected chi connectivity index (χ2v) is 3.90. The van der Waals surface area contributed by atoms with Crippen LogP contribution in [0.25, 0.3) is 0 Å². The van der Waals surface area contributed by atoms with Crippen LogP contribution in [0.1, 0.15) is 0 Å². The molecule has 48 valence electrons. The number of rotatable bonds is 0. The first kappa shape index (κ1) is 6.99. The fourth-order valence-electron chi connectivity index (χ4n) is 0.672. The summed E-state index contributed by atoms with van der Waals surface area (Å²) in [5.41, 5.74) is 0. The molecule has 1 fully saturated rings. The van der Waals surface area contributed by atoms with Gasteiger partial charge in [-0.3, -0.25) is 0 Å². The lowest BCUT2D eigenvalue weighted by atomic mass is 10.4. The van der Waals surface area contributed by atoms with Crippen molar-refractivity contribution in [3.8, 4) is 0 Å². The van der Waals surface area contributed by atoms with Crippen molar-refractivity contribution < 1.29 is 0 Å². The highest BCUT2D eigenvalue weighted by molar-refractivity contribution is 9.09. The predicted octanol–water partition coefficient (Wildman–Crippen LogP) is 0.923. The topological polar surface area (TPSA) is 15.3 Å². The third-order valence-corrected chi connectivity index (χ3v) is 2.34. The van der Waals surface area contributed by atoms with E-state index in [9.17, 15) is 0 Å². The predicted molar refractivity (Wildman–Crippen MR) is 41.2 cm³/mol. The van der Waals surface area contributed by atoms with E-state index in [1.54, 1.807) is 0 Å². The summed E-state index contributed by atoms with van der Waals surface area (Å²) < 4.78 is 2.11. The zero-order valence-corrected chi connectivity index (χ0v) is 7.57. The van der Waals surface area contributed by atoms with Crippen molar-refractivity contribution in [3.05, 3.63) is 0 Å². The number of halogens is 2. The molecule has 1 heterocycles. The summed E-state index contributed by atoms with van der Waals surface area (Å²) >= 11 is 6.84. The SMILES string of the molecule is BrC1CN(Br)CCN1. The van der Waals surface area contributed by atoms with E-state index >= 15 is 0 Å². The highest BCUT2D eigenvalue weighted by atomic mass is 79.9. The van der Waals surface area contributed by atoms with Gasteiger partial charge in [0.25, 0.3) is 0 Å². The number of nitrogens with zero attached hydrogens (tertiary/aromatic N) is 1. The lowest BCUT2D eigenvalue weighted by Gasteiger charge is -2.24. The van der Waals surface area contributed by atoms with Crippen LogP contribution in [0.2, 0.25) is 0 Å². The van der Waals surface area contributed by atoms with Crippen LogP contribution in [-0.2, 0) is 0 Å². The van der Waals surface area contributed by atoms with Gasteiger partial charge in [0.1, 0.15) is 0 Å². The molecule has 4 heteroatoms. The monoisotopic (exact) mass is 242 g/mol. The van der Waals surface area contributed by atoms with Crippen molar-refractivity contribution in [1.82, 2.24) is 9.24 Å². The number of hydrogen-bond acceptors (Lipinski definition) is 2. The van der Waals surface area contributed by atoms with Crippen LogP contribution < -0.4 is 5.32 Å². The van der Waals surface area contributed by atoms with Gasteiger partial charge in [0.05, 0.1) is 4.95 Å². The molecule has 0 aliphatic carbocycles. The molecule has 0 bridgehead atoms. The van der Waals surface area contributed by atoms with Gasteiger partial charge >= 0.3 is 0 Å². The zero-order valence-electron chi connectivity index (χ0n) is 4.40. The Kier molecular flexibility index (Phi) is 2.75. The molecule has 1 unspecified atom stereocenters. The summed E-state index contributed by atoms with van der Waals surface area (Å²) in [7, 11) is 0. The van der Waals surface area contributed by atoms with Crippen molar-refractivity contribution in [2.45, 2.75) is 4.95 Å². The summed E-state index contributed by atoms with van der Waals surface area (Å²) in [6, 6.07) is 0. The Bertz CT molecular complexity index is 70.4. The number of hydrogen-bond donors (Lipinski definition) is 1. The second-order valence-electron chi connectivity index (χ2n) is 1.79. The average molecular weight is 244 g/mol. The molecule has 1 saturated heterocycles. The highest BCUT2D eigenvalue weighted by Crippen LogP contribution is 2.07. The minimum atomic E-state index is 0.454. The largest absolute Gasteiger partial charge is 0.302 e. The van der Waals surface area contributed by atoms with Crippen molar-refractivity contribution >= 4 is 32.1 Å². The van der Waals surface area contributed by atoms with Crippen LogP contribution in [0.5, 0.6) is 0 Å². The first-order valence-corrected chi connectivity index (χ1v) is 4.20. The maximum absolute atomic E-state index is 3.45. The van der Waals surface area contributed by atoms with Crippen LogP contribution in [-0.4, -0.2) is 28.5 Å². The quantitative estimate of drug-likeness (QED) is 0.387. The molecule has 0 aromatic rings. The Morgan fingerprint density at radius 2 is 2.38 bits per heavy atom. The Labute approximate surface area is 66.1 Å². The molecule has 0 radical (unpaired) electrons. The Morgan fingerprint density at radius 1 is 1.62 bits per heavy atom. The van der Waals surface area contributed by atoms with Gasteiger partial charge in [0.2, 0.25) is 0 Å². The Morgan fingerprint density at radius 3 is 2.75 bits per heavy atom. The van der Waals surface area contributed by atoms with E-state index in [1.165, 1.54) is 0 Å². The molecule has 2 nitrogen and oxygen atoms in total. The van der Waals surface area contributed by atoms with E-state index in [0.29, 0.717) is 4.95 Å². The lowest BCUT2D eigenvalue weighted by molar-refractivity contribution is 0.393. The molecule has 1 N–H and O–H groups in total. The van der Waals surface area contributed by atoms with Crippen LogP contribution in [0.15, 0.2) is 0 Å². The fraction of sp³-hybridized carbons (Fsp3) is 1.00. The molecule has 8 heavy (non-hydrogen) atoms. The summed E-state index contributed by atoms with van der Waals surface area (Å²) in [4.78, 5) is 0.454. The third-order valence-electron chi connectivity index (χ3n) is 1.08. The zero-order chi connectivity index (χ0) is 5.98. The van der Waals surface area contributed by atoms with Crippen LogP contribution >= 0.6 is 32.1 Å². The van der Waals surface area contributed by atoms with E-state index in [0.717, 1.165) is 19.6 Å². The Balaban J connectivity index is 2.23. The molecule has 0 aromatic carbocycles. The van der Waals surface area contributed by atoms with Crippen molar-refractivity contribution in [3.63, 3.8) is 0 Å². The minimum Gasteiger partial charge on any atom is -0.302 e. The van der Waals surface area contributed by atoms with Gasteiger partial charge in [-0.15, -0.1) is 0 Å². The molecule has 0 aromatic heterocycles. The second kappa shape index (κ2) is 3.15. The van der Waals surface area contributed by atoms with Crippen LogP contribution in [0.3, 0.4) is 0 Å². The van der Waals surface area contributed by atoms with Gasteiger partial charge < -0.3 is 5.32 Å².